The summed E-state index contributed by atoms with van der Waals surface area (Å²) in [7, 11) is 0. The van der Waals surface area contributed by atoms with Crippen molar-refractivity contribution >= 4 is 23.2 Å². The molecule has 4 aromatic rings. The van der Waals surface area contributed by atoms with Crippen LogP contribution in [0.2, 0.25) is 5.02 Å². The molecular weight excluding hydrogens is 586 g/mol. The van der Waals surface area contributed by atoms with Gasteiger partial charge in [-0.1, -0.05) is 17.7 Å². The fourth-order valence-electron chi connectivity index (χ4n) is 5.70. The number of hydrogen-bond acceptors (Lipinski definition) is 12. The molecular formula is C29H34ClN11O3. The maximum absolute atomic E-state index is 9.10. The van der Waals surface area contributed by atoms with Gasteiger partial charge in [-0.2, -0.15) is 5.26 Å². The Bertz CT molecular complexity index is 1540. The first kappa shape index (κ1) is 29.7. The fraction of sp³-hybridized carbons (Fsp3) is 0.483. The normalized spacial score (nSPS) is 19.7. The van der Waals surface area contributed by atoms with Crippen LogP contribution >= 0.6 is 11.6 Å². The van der Waals surface area contributed by atoms with Gasteiger partial charge in [-0.3, -0.25) is 9.58 Å². The Morgan fingerprint density at radius 3 is 2.61 bits per heavy atom. The summed E-state index contributed by atoms with van der Waals surface area (Å²) in [5.74, 6) is 1.27. The van der Waals surface area contributed by atoms with Gasteiger partial charge in [0.1, 0.15) is 29.9 Å². The first-order valence-electron chi connectivity index (χ1n) is 14.7. The van der Waals surface area contributed by atoms with E-state index >= 15 is 0 Å². The van der Waals surface area contributed by atoms with E-state index in [0.29, 0.717) is 40.9 Å². The standard InChI is InChI=1S/C29H34ClN11O3/c1-20(17-40-19-34-37-38-40)44-27-14-21(2-7-25(27)30)22-15-32-29(33-16-22)35-26-18-41(36-28(26)43-11-8-31)24-5-3-23(4-6-24)39-9-12-42-13-10-39/h2,7,14-16,18-20,23-24H,3-6,9-13,17H2,1H3,(H,32,33,35)/t20-,23?,24?/m0/s1. The number of aromatic nitrogens is 8. The van der Waals surface area contributed by atoms with Crippen LogP contribution in [0.5, 0.6) is 11.6 Å². The third kappa shape index (κ3) is 7.24. The van der Waals surface area contributed by atoms with Gasteiger partial charge in [-0.15, -0.1) is 10.2 Å². The topological polar surface area (TPSA) is 154 Å². The molecule has 1 atom stereocenters. The number of hydrogen-bond donors (Lipinski definition) is 1. The Kier molecular flexibility index (Phi) is 9.45. The lowest BCUT2D eigenvalue weighted by molar-refractivity contribution is 0.00503. The molecule has 14 nitrogen and oxygen atoms in total. The number of nitrogens with zero attached hydrogens (tertiary/aromatic N) is 10. The van der Waals surface area contributed by atoms with Crippen molar-refractivity contribution in [3.8, 4) is 28.8 Å². The summed E-state index contributed by atoms with van der Waals surface area (Å²) < 4.78 is 20.8. The number of tetrazole rings is 1. The van der Waals surface area contributed by atoms with Gasteiger partial charge in [0, 0.05) is 37.1 Å². The zero-order valence-corrected chi connectivity index (χ0v) is 25.2. The highest BCUT2D eigenvalue weighted by atomic mass is 35.5. The van der Waals surface area contributed by atoms with E-state index in [-0.39, 0.29) is 18.8 Å². The Labute approximate surface area is 259 Å². The zero-order valence-electron chi connectivity index (χ0n) is 24.4. The highest BCUT2D eigenvalue weighted by Crippen LogP contribution is 2.35. The average molecular weight is 620 g/mol. The molecule has 0 radical (unpaired) electrons. The van der Waals surface area contributed by atoms with Crippen LogP contribution in [0.1, 0.15) is 38.6 Å². The molecule has 4 heterocycles. The fourth-order valence-corrected chi connectivity index (χ4v) is 5.86. The molecule has 1 aromatic carbocycles. The molecule has 230 valence electrons. The molecule has 3 aromatic heterocycles. The summed E-state index contributed by atoms with van der Waals surface area (Å²) >= 11 is 6.42. The van der Waals surface area contributed by atoms with Crippen molar-refractivity contribution < 1.29 is 14.2 Å². The van der Waals surface area contributed by atoms with E-state index < -0.39 is 0 Å². The second-order valence-electron chi connectivity index (χ2n) is 10.9. The van der Waals surface area contributed by atoms with E-state index in [4.69, 9.17) is 31.1 Å². The van der Waals surface area contributed by atoms with Crippen LogP contribution in [-0.2, 0) is 11.3 Å². The van der Waals surface area contributed by atoms with Gasteiger partial charge >= 0.3 is 0 Å². The van der Waals surface area contributed by atoms with Crippen molar-refractivity contribution in [1.82, 2.24) is 44.9 Å². The summed E-state index contributed by atoms with van der Waals surface area (Å²) in [4.78, 5) is 11.6. The highest BCUT2D eigenvalue weighted by molar-refractivity contribution is 6.32. The van der Waals surface area contributed by atoms with Crippen molar-refractivity contribution in [3.63, 3.8) is 0 Å². The predicted molar refractivity (Wildman–Crippen MR) is 161 cm³/mol. The number of nitriles is 1. The zero-order chi connectivity index (χ0) is 30.3. The molecule has 6 rings (SSSR count). The molecule has 2 fully saturated rings. The number of anilines is 2. The lowest BCUT2D eigenvalue weighted by Gasteiger charge is -2.38. The van der Waals surface area contributed by atoms with Crippen molar-refractivity contribution in [2.24, 2.45) is 0 Å². The number of benzene rings is 1. The lowest BCUT2D eigenvalue weighted by atomic mass is 9.90. The Morgan fingerprint density at radius 2 is 1.89 bits per heavy atom. The van der Waals surface area contributed by atoms with Gasteiger partial charge in [0.15, 0.2) is 6.61 Å². The van der Waals surface area contributed by atoms with Crippen molar-refractivity contribution in [3.05, 3.63) is 48.1 Å². The Morgan fingerprint density at radius 1 is 1.11 bits per heavy atom. The molecule has 1 saturated heterocycles. The molecule has 15 heteroatoms. The van der Waals surface area contributed by atoms with E-state index in [1.807, 2.05) is 36.0 Å². The maximum atomic E-state index is 9.10. The van der Waals surface area contributed by atoms with E-state index in [1.54, 1.807) is 23.1 Å². The van der Waals surface area contributed by atoms with Gasteiger partial charge in [-0.05, 0) is 60.7 Å². The summed E-state index contributed by atoms with van der Waals surface area (Å²) in [6.45, 7) is 5.93. The number of nitrogens with one attached hydrogen (secondary N) is 1. The third-order valence-corrected chi connectivity index (χ3v) is 8.21. The third-order valence-electron chi connectivity index (χ3n) is 7.90. The Balaban J connectivity index is 1.11. The molecule has 0 unspecified atom stereocenters. The van der Waals surface area contributed by atoms with Crippen LogP contribution in [0.15, 0.2) is 43.1 Å². The monoisotopic (exact) mass is 619 g/mol. The molecule has 0 amide bonds. The van der Waals surface area contributed by atoms with Crippen molar-refractivity contribution in [2.45, 2.75) is 57.3 Å². The molecule has 1 N–H and O–H groups in total. The first-order chi connectivity index (χ1) is 21.6. The highest BCUT2D eigenvalue weighted by Gasteiger charge is 2.29. The van der Waals surface area contributed by atoms with E-state index in [9.17, 15) is 0 Å². The second-order valence-corrected chi connectivity index (χ2v) is 11.3. The molecule has 1 saturated carbocycles. The van der Waals surface area contributed by atoms with Crippen LogP contribution in [0.25, 0.3) is 11.1 Å². The van der Waals surface area contributed by atoms with Gasteiger partial charge in [-0.25, -0.2) is 14.6 Å². The average Bonchev–Trinajstić information content (AvgIpc) is 3.72. The largest absolute Gasteiger partial charge is 0.487 e. The number of morpholine rings is 1. The van der Waals surface area contributed by atoms with Crippen LogP contribution in [-0.4, -0.2) is 89.9 Å². The minimum atomic E-state index is -0.216. The van der Waals surface area contributed by atoms with E-state index in [1.165, 1.54) is 6.33 Å². The number of halogens is 1. The minimum absolute atomic E-state index is 0.107. The summed E-state index contributed by atoms with van der Waals surface area (Å²) in [5.41, 5.74) is 2.25. The molecule has 0 bridgehead atoms. The van der Waals surface area contributed by atoms with Crippen LogP contribution < -0.4 is 14.8 Å². The molecule has 1 aliphatic carbocycles. The number of ether oxygens (including phenoxy) is 3. The molecule has 2 aliphatic rings. The summed E-state index contributed by atoms with van der Waals surface area (Å²) in [5, 5.41) is 28.7. The van der Waals surface area contributed by atoms with Gasteiger partial charge in [0.05, 0.1) is 37.0 Å². The van der Waals surface area contributed by atoms with Crippen molar-refractivity contribution in [1.29, 1.82) is 5.26 Å². The van der Waals surface area contributed by atoms with Crippen LogP contribution in [0.4, 0.5) is 11.6 Å². The predicted octanol–water partition coefficient (Wildman–Crippen LogP) is 3.91. The molecule has 1 aliphatic heterocycles. The lowest BCUT2D eigenvalue weighted by Crippen LogP contribution is -2.45. The quantitative estimate of drug-likeness (QED) is 0.259. The van der Waals surface area contributed by atoms with Gasteiger partial charge < -0.3 is 19.5 Å². The minimum Gasteiger partial charge on any atom is -0.487 e. The SMILES string of the molecule is C[C@@H](Cn1cnnn1)Oc1cc(-c2cnc(Nc3cn(C4CCC(N5CCOCC5)CC4)nc3OCC#N)nc2)ccc1Cl. The first-order valence-corrected chi connectivity index (χ1v) is 15.1. The molecule has 44 heavy (non-hydrogen) atoms. The number of rotatable bonds is 11. The van der Waals surface area contributed by atoms with Crippen molar-refractivity contribution in [2.75, 3.05) is 38.2 Å². The van der Waals surface area contributed by atoms with E-state index in [0.717, 1.165) is 63.1 Å². The van der Waals surface area contributed by atoms with E-state index in [2.05, 4.69) is 40.8 Å². The Hall–Kier alpha value is -4.32. The maximum Gasteiger partial charge on any atom is 0.257 e. The van der Waals surface area contributed by atoms with Gasteiger partial charge in [0.25, 0.3) is 5.88 Å². The van der Waals surface area contributed by atoms with Gasteiger partial charge in [0.2, 0.25) is 5.95 Å². The smallest absolute Gasteiger partial charge is 0.257 e. The second kappa shape index (κ2) is 14.0. The summed E-state index contributed by atoms with van der Waals surface area (Å²) in [6, 6.07) is 8.39. The molecule has 0 spiro atoms. The van der Waals surface area contributed by atoms with Crippen LogP contribution in [0.3, 0.4) is 0 Å². The summed E-state index contributed by atoms with van der Waals surface area (Å²) in [6.07, 6.45) is 11.0. The van der Waals surface area contributed by atoms with Crippen LogP contribution in [0, 0.1) is 11.3 Å².